The lowest BCUT2D eigenvalue weighted by atomic mass is 10.2. The molecule has 0 bridgehead atoms. The summed E-state index contributed by atoms with van der Waals surface area (Å²) < 4.78 is 32.4. The zero-order chi connectivity index (χ0) is 16.3. The van der Waals surface area contributed by atoms with Gasteiger partial charge in [0.25, 0.3) is 0 Å². The Morgan fingerprint density at radius 3 is 2.57 bits per heavy atom. The third kappa shape index (κ3) is 4.45. The van der Waals surface area contributed by atoms with Gasteiger partial charge in [-0.3, -0.25) is 0 Å². The number of thiophene rings is 1. The molecule has 0 amide bonds. The molecule has 3 aromatic rings. The van der Waals surface area contributed by atoms with Gasteiger partial charge in [-0.25, -0.2) is 13.1 Å². The zero-order valence-corrected chi connectivity index (χ0v) is 14.4. The monoisotopic (exact) mass is 367 g/mol. The molecule has 0 saturated heterocycles. The summed E-state index contributed by atoms with van der Waals surface area (Å²) in [5.74, 6) is 1.22. The first-order valence-electron chi connectivity index (χ1n) is 6.86. The molecule has 0 aliphatic heterocycles. The number of benzene rings is 1. The molecule has 0 saturated carbocycles. The molecular formula is C16H14ClNO3S2. The van der Waals surface area contributed by atoms with Crippen LogP contribution in [0.4, 0.5) is 0 Å². The fourth-order valence-electron chi connectivity index (χ4n) is 2.06. The van der Waals surface area contributed by atoms with Crippen LogP contribution in [0.3, 0.4) is 0 Å². The van der Waals surface area contributed by atoms with Crippen molar-refractivity contribution in [2.45, 2.75) is 12.3 Å². The largest absolute Gasteiger partial charge is 0.459 e. The molecule has 0 aliphatic rings. The number of hydrogen-bond acceptors (Lipinski definition) is 4. The van der Waals surface area contributed by atoms with E-state index in [0.717, 1.165) is 10.6 Å². The minimum absolute atomic E-state index is 0.0946. The molecule has 3 rings (SSSR count). The maximum absolute atomic E-state index is 12.1. The molecule has 2 heterocycles. The van der Waals surface area contributed by atoms with Crippen molar-refractivity contribution >= 4 is 33.0 Å². The van der Waals surface area contributed by atoms with E-state index in [9.17, 15) is 8.42 Å². The molecule has 1 N–H and O–H groups in total. The van der Waals surface area contributed by atoms with Crippen molar-refractivity contribution < 1.29 is 12.8 Å². The van der Waals surface area contributed by atoms with Gasteiger partial charge in [-0.15, -0.1) is 11.3 Å². The summed E-state index contributed by atoms with van der Waals surface area (Å²) in [6.45, 7) is 0.126. The normalized spacial score (nSPS) is 11.7. The Bertz CT molecular complexity index is 868. The van der Waals surface area contributed by atoms with Gasteiger partial charge >= 0.3 is 0 Å². The number of halogens is 1. The highest BCUT2D eigenvalue weighted by Crippen LogP contribution is 2.26. The van der Waals surface area contributed by atoms with E-state index in [1.165, 1.54) is 0 Å². The molecule has 0 atom stereocenters. The Kier molecular flexibility index (Phi) is 4.87. The Balaban J connectivity index is 1.62. The van der Waals surface area contributed by atoms with Crippen molar-refractivity contribution in [2.75, 3.05) is 0 Å². The molecule has 23 heavy (non-hydrogen) atoms. The molecule has 120 valence electrons. The van der Waals surface area contributed by atoms with Gasteiger partial charge in [0, 0.05) is 5.02 Å². The van der Waals surface area contributed by atoms with Crippen molar-refractivity contribution in [3.63, 3.8) is 0 Å². The van der Waals surface area contributed by atoms with Gasteiger partial charge in [-0.05, 0) is 41.3 Å². The Labute approximate surface area is 143 Å². The summed E-state index contributed by atoms with van der Waals surface area (Å²) in [5, 5.41) is 2.54. The minimum Gasteiger partial charge on any atom is -0.459 e. The van der Waals surface area contributed by atoms with Crippen LogP contribution in [0.2, 0.25) is 5.02 Å². The molecule has 0 unspecified atom stereocenters. The summed E-state index contributed by atoms with van der Waals surface area (Å²) in [6, 6.07) is 14.3. The summed E-state index contributed by atoms with van der Waals surface area (Å²) in [6.07, 6.45) is 0. The second kappa shape index (κ2) is 6.88. The highest BCUT2D eigenvalue weighted by atomic mass is 35.5. The van der Waals surface area contributed by atoms with Gasteiger partial charge in [0.05, 0.1) is 17.2 Å². The predicted molar refractivity (Wildman–Crippen MR) is 92.9 cm³/mol. The molecule has 1 aromatic carbocycles. The van der Waals surface area contributed by atoms with Crippen molar-refractivity contribution in [1.29, 1.82) is 0 Å². The molecule has 4 nitrogen and oxygen atoms in total. The lowest BCUT2D eigenvalue weighted by Gasteiger charge is -2.05. The molecule has 0 spiro atoms. The lowest BCUT2D eigenvalue weighted by Crippen LogP contribution is -2.24. The second-order valence-electron chi connectivity index (χ2n) is 4.95. The van der Waals surface area contributed by atoms with E-state index in [0.29, 0.717) is 16.3 Å². The average Bonchev–Trinajstić information content (AvgIpc) is 3.18. The molecule has 0 aliphatic carbocycles. The van der Waals surface area contributed by atoms with Gasteiger partial charge < -0.3 is 4.42 Å². The number of rotatable bonds is 6. The van der Waals surface area contributed by atoms with Gasteiger partial charge in [0.15, 0.2) is 0 Å². The zero-order valence-electron chi connectivity index (χ0n) is 12.0. The standard InChI is InChI=1S/C16H14ClNO3S2/c17-13-5-3-12(4-6-13)11-23(19,20)18-10-14-7-8-15(21-14)16-2-1-9-22-16/h1-9,18H,10-11H2. The van der Waals surface area contributed by atoms with Crippen molar-refractivity contribution in [3.05, 3.63) is 70.3 Å². The first-order valence-corrected chi connectivity index (χ1v) is 9.77. The first kappa shape index (κ1) is 16.3. The maximum Gasteiger partial charge on any atom is 0.216 e. The summed E-state index contributed by atoms with van der Waals surface area (Å²) in [7, 11) is -3.44. The first-order chi connectivity index (χ1) is 11.0. The van der Waals surface area contributed by atoms with E-state index < -0.39 is 10.0 Å². The molecular weight excluding hydrogens is 354 g/mol. The maximum atomic E-state index is 12.1. The van der Waals surface area contributed by atoms with E-state index in [2.05, 4.69) is 4.72 Å². The lowest BCUT2D eigenvalue weighted by molar-refractivity contribution is 0.510. The minimum atomic E-state index is -3.44. The SMILES string of the molecule is O=S(=O)(Cc1ccc(Cl)cc1)NCc1ccc(-c2cccs2)o1. The Hall–Kier alpha value is -1.60. The molecule has 2 aromatic heterocycles. The number of sulfonamides is 1. The third-order valence-corrected chi connectivity index (χ3v) is 5.60. The van der Waals surface area contributed by atoms with Crippen LogP contribution in [0, 0.1) is 0 Å². The molecule has 0 fully saturated rings. The topological polar surface area (TPSA) is 59.3 Å². The number of nitrogens with one attached hydrogen (secondary N) is 1. The second-order valence-corrected chi connectivity index (χ2v) is 8.14. The smallest absolute Gasteiger partial charge is 0.216 e. The van der Waals surface area contributed by atoms with Crippen molar-refractivity contribution in [1.82, 2.24) is 4.72 Å². The summed E-state index contributed by atoms with van der Waals surface area (Å²) >= 11 is 7.36. The highest BCUT2D eigenvalue weighted by molar-refractivity contribution is 7.88. The third-order valence-electron chi connectivity index (χ3n) is 3.16. The fraction of sp³-hybridized carbons (Fsp3) is 0.125. The van der Waals surface area contributed by atoms with Crippen LogP contribution in [0.1, 0.15) is 11.3 Å². The van der Waals surface area contributed by atoms with Crippen LogP contribution in [0.5, 0.6) is 0 Å². The highest BCUT2D eigenvalue weighted by Gasteiger charge is 2.13. The van der Waals surface area contributed by atoms with E-state index in [1.807, 2.05) is 23.6 Å². The Morgan fingerprint density at radius 1 is 1.09 bits per heavy atom. The average molecular weight is 368 g/mol. The van der Waals surface area contributed by atoms with E-state index in [4.69, 9.17) is 16.0 Å². The van der Waals surface area contributed by atoms with Crippen LogP contribution >= 0.6 is 22.9 Å². The van der Waals surface area contributed by atoms with Crippen molar-refractivity contribution in [2.24, 2.45) is 0 Å². The van der Waals surface area contributed by atoms with Gasteiger partial charge in [-0.1, -0.05) is 29.8 Å². The van der Waals surface area contributed by atoms with Gasteiger partial charge in [0.1, 0.15) is 11.5 Å². The van der Waals surface area contributed by atoms with E-state index >= 15 is 0 Å². The van der Waals surface area contributed by atoms with E-state index in [1.54, 1.807) is 41.7 Å². The van der Waals surface area contributed by atoms with Crippen LogP contribution in [-0.4, -0.2) is 8.42 Å². The van der Waals surface area contributed by atoms with Crippen LogP contribution < -0.4 is 4.72 Å². The number of furan rings is 1. The van der Waals surface area contributed by atoms with Gasteiger partial charge in [-0.2, -0.15) is 0 Å². The van der Waals surface area contributed by atoms with Crippen LogP contribution in [0.15, 0.2) is 58.3 Å². The van der Waals surface area contributed by atoms with E-state index in [-0.39, 0.29) is 12.3 Å². The Morgan fingerprint density at radius 2 is 1.87 bits per heavy atom. The fourth-order valence-corrected chi connectivity index (χ4v) is 3.96. The number of hydrogen-bond donors (Lipinski definition) is 1. The summed E-state index contributed by atoms with van der Waals surface area (Å²) in [5.41, 5.74) is 0.681. The molecule has 7 heteroatoms. The van der Waals surface area contributed by atoms with Crippen molar-refractivity contribution in [3.8, 4) is 10.6 Å². The van der Waals surface area contributed by atoms with Gasteiger partial charge in [0.2, 0.25) is 10.0 Å². The quantitative estimate of drug-likeness (QED) is 0.707. The van der Waals surface area contributed by atoms with Crippen LogP contribution in [0.25, 0.3) is 10.6 Å². The van der Waals surface area contributed by atoms with Crippen LogP contribution in [-0.2, 0) is 22.3 Å². The molecule has 0 radical (unpaired) electrons. The summed E-state index contributed by atoms with van der Waals surface area (Å²) in [4.78, 5) is 1.01. The predicted octanol–water partition coefficient (Wildman–Crippen LogP) is 4.28.